The fourth-order valence-corrected chi connectivity index (χ4v) is 6.36. The molecule has 0 aromatic heterocycles. The molecule has 3 aliphatic rings. The van der Waals surface area contributed by atoms with Gasteiger partial charge in [-0.3, -0.25) is 14.4 Å². The summed E-state index contributed by atoms with van der Waals surface area (Å²) in [6, 6.07) is -0.816. The van der Waals surface area contributed by atoms with E-state index in [0.29, 0.717) is 51.7 Å². The lowest BCUT2D eigenvalue weighted by Crippen LogP contribution is -2.56. The number of aliphatic carboxylic acids is 1. The zero-order chi connectivity index (χ0) is 24.2. The lowest BCUT2D eigenvalue weighted by molar-refractivity contribution is -0.157. The number of hydrogen-bond acceptors (Lipinski definition) is 5. The molecule has 2 N–H and O–H groups in total. The van der Waals surface area contributed by atoms with Crippen LogP contribution in [0.15, 0.2) is 12.7 Å². The van der Waals surface area contributed by atoms with Crippen LogP contribution in [-0.2, 0) is 19.1 Å². The van der Waals surface area contributed by atoms with Crippen molar-refractivity contribution in [3.05, 3.63) is 12.7 Å². The van der Waals surface area contributed by atoms with Crippen LogP contribution in [0.1, 0.15) is 71.6 Å². The number of aliphatic hydroxyl groups excluding tert-OH is 1. The lowest BCUT2D eigenvalue weighted by atomic mass is 9.65. The minimum atomic E-state index is -1.09. The fraction of sp³-hybridized carbons (Fsp3) is 0.800. The number of ether oxygens (including phenoxy) is 1. The summed E-state index contributed by atoms with van der Waals surface area (Å²) < 4.78 is 6.55. The summed E-state index contributed by atoms with van der Waals surface area (Å²) in [5, 5.41) is 19.2. The molecule has 5 atom stereocenters. The molecule has 0 aliphatic carbocycles. The highest BCUT2D eigenvalue weighted by Gasteiger charge is 2.78. The molecule has 8 heteroatoms. The van der Waals surface area contributed by atoms with Crippen molar-refractivity contribution in [3.8, 4) is 0 Å². The smallest absolute Gasteiger partial charge is 0.310 e. The Morgan fingerprint density at radius 3 is 2.58 bits per heavy atom. The van der Waals surface area contributed by atoms with Crippen LogP contribution in [0.25, 0.3) is 0 Å². The number of fused-ring (bicyclic) bond motifs is 1. The van der Waals surface area contributed by atoms with Gasteiger partial charge in [-0.2, -0.15) is 0 Å². The van der Waals surface area contributed by atoms with Crippen molar-refractivity contribution in [1.29, 1.82) is 0 Å². The van der Waals surface area contributed by atoms with E-state index in [1.54, 1.807) is 15.9 Å². The number of hydrogen-bond donors (Lipinski definition) is 2. The second kappa shape index (κ2) is 10.6. The lowest BCUT2D eigenvalue weighted by Gasteiger charge is -2.37. The number of carboxylic acids is 1. The third kappa shape index (κ3) is 4.32. The monoisotopic (exact) mass is 464 g/mol. The standard InChI is InChI=1S/C25H40N2O6/c1-4-7-9-15-26(14-5-2)22(30)20-25-13-12-24(6-3,33-25)19(23(31)32)18(25)21(29)27(20)16-10-8-11-17-28/h5,18-20,28H,2,4,6-17H2,1,3H3,(H,31,32)/t18-,19+,20?,24-,25?/m0/s1. The van der Waals surface area contributed by atoms with Gasteiger partial charge in [0.25, 0.3) is 0 Å². The van der Waals surface area contributed by atoms with Gasteiger partial charge in [-0.05, 0) is 44.9 Å². The molecular formula is C25H40N2O6. The second-order valence-electron chi connectivity index (χ2n) is 9.77. The highest BCUT2D eigenvalue weighted by molar-refractivity contribution is 5.98. The maximum Gasteiger partial charge on any atom is 0.310 e. The van der Waals surface area contributed by atoms with E-state index in [9.17, 15) is 19.5 Å². The van der Waals surface area contributed by atoms with Crippen LogP contribution in [0.5, 0.6) is 0 Å². The summed E-state index contributed by atoms with van der Waals surface area (Å²) in [5.74, 6) is -3.23. The molecule has 3 fully saturated rings. The van der Waals surface area contributed by atoms with Crippen LogP contribution in [-0.4, -0.2) is 81.3 Å². The molecular weight excluding hydrogens is 424 g/mol. The summed E-state index contributed by atoms with van der Waals surface area (Å²) in [6.45, 7) is 9.21. The molecule has 3 rings (SSSR count). The summed E-state index contributed by atoms with van der Waals surface area (Å²) >= 11 is 0. The first kappa shape index (κ1) is 25.7. The van der Waals surface area contributed by atoms with Gasteiger partial charge < -0.3 is 24.7 Å². The molecule has 8 nitrogen and oxygen atoms in total. The number of likely N-dealkylation sites (tertiary alicyclic amines) is 1. The number of nitrogens with zero attached hydrogens (tertiary/aromatic N) is 2. The number of unbranched alkanes of at least 4 members (excludes halogenated alkanes) is 4. The van der Waals surface area contributed by atoms with Crippen LogP contribution in [0, 0.1) is 11.8 Å². The second-order valence-corrected chi connectivity index (χ2v) is 9.77. The molecule has 1 spiro atoms. The number of rotatable bonds is 14. The highest BCUT2D eigenvalue weighted by Crippen LogP contribution is 2.64. The van der Waals surface area contributed by atoms with Crippen LogP contribution in [0.2, 0.25) is 0 Å². The van der Waals surface area contributed by atoms with Gasteiger partial charge in [-0.1, -0.05) is 32.8 Å². The minimum absolute atomic E-state index is 0.0800. The van der Waals surface area contributed by atoms with Crippen molar-refractivity contribution in [2.45, 2.75) is 88.9 Å². The Labute approximate surface area is 196 Å². The van der Waals surface area contributed by atoms with E-state index < -0.39 is 35.0 Å². The van der Waals surface area contributed by atoms with Gasteiger partial charge in [-0.25, -0.2) is 0 Å². The van der Waals surface area contributed by atoms with E-state index >= 15 is 0 Å². The normalized spacial score (nSPS) is 32.3. The average molecular weight is 465 g/mol. The first-order valence-electron chi connectivity index (χ1n) is 12.6. The van der Waals surface area contributed by atoms with Gasteiger partial charge in [0.2, 0.25) is 11.8 Å². The molecule has 2 unspecified atom stereocenters. The predicted octanol–water partition coefficient (Wildman–Crippen LogP) is 2.59. The van der Waals surface area contributed by atoms with E-state index in [4.69, 9.17) is 9.84 Å². The molecule has 3 saturated heterocycles. The van der Waals surface area contributed by atoms with E-state index in [0.717, 1.165) is 25.7 Å². The predicted molar refractivity (Wildman–Crippen MR) is 123 cm³/mol. The van der Waals surface area contributed by atoms with Crippen LogP contribution < -0.4 is 0 Å². The molecule has 0 radical (unpaired) electrons. The number of carbonyl (C=O) groups is 3. The highest BCUT2D eigenvalue weighted by atomic mass is 16.5. The van der Waals surface area contributed by atoms with Crippen molar-refractivity contribution < 1.29 is 29.3 Å². The summed E-state index contributed by atoms with van der Waals surface area (Å²) in [5.41, 5.74) is -1.98. The molecule has 2 amide bonds. The maximum absolute atomic E-state index is 14.0. The number of aliphatic hydroxyl groups is 1. The van der Waals surface area contributed by atoms with Crippen LogP contribution >= 0.6 is 0 Å². The average Bonchev–Trinajstić information content (AvgIpc) is 3.39. The Kier molecular flexibility index (Phi) is 8.22. The van der Waals surface area contributed by atoms with Crippen molar-refractivity contribution in [3.63, 3.8) is 0 Å². The van der Waals surface area contributed by atoms with Gasteiger partial charge in [0.15, 0.2) is 0 Å². The summed E-state index contributed by atoms with van der Waals surface area (Å²) in [6.07, 6.45) is 8.15. The first-order valence-corrected chi connectivity index (χ1v) is 12.6. The Hall–Kier alpha value is -1.93. The van der Waals surface area contributed by atoms with E-state index in [2.05, 4.69) is 13.5 Å². The number of carboxylic acid groups (broad SMARTS) is 1. The third-order valence-corrected chi connectivity index (χ3v) is 7.93. The number of carbonyl (C=O) groups excluding carboxylic acids is 2. The zero-order valence-electron chi connectivity index (χ0n) is 20.1. The molecule has 33 heavy (non-hydrogen) atoms. The Morgan fingerprint density at radius 1 is 1.21 bits per heavy atom. The summed E-state index contributed by atoms with van der Waals surface area (Å²) in [4.78, 5) is 43.4. The molecule has 2 bridgehead atoms. The molecule has 0 aromatic rings. The number of amides is 2. The van der Waals surface area contributed by atoms with Crippen molar-refractivity contribution >= 4 is 17.8 Å². The topological polar surface area (TPSA) is 107 Å². The molecule has 186 valence electrons. The van der Waals surface area contributed by atoms with Gasteiger partial charge in [0.1, 0.15) is 17.6 Å². The van der Waals surface area contributed by atoms with Crippen LogP contribution in [0.3, 0.4) is 0 Å². The van der Waals surface area contributed by atoms with Gasteiger partial charge in [0.05, 0.1) is 11.5 Å². The van der Waals surface area contributed by atoms with Crippen molar-refractivity contribution in [2.24, 2.45) is 11.8 Å². The van der Waals surface area contributed by atoms with E-state index in [1.807, 2.05) is 6.92 Å². The minimum Gasteiger partial charge on any atom is -0.481 e. The quantitative estimate of drug-likeness (QED) is 0.302. The van der Waals surface area contributed by atoms with Gasteiger partial charge in [-0.15, -0.1) is 6.58 Å². The van der Waals surface area contributed by atoms with E-state index in [1.165, 1.54) is 0 Å². The zero-order valence-corrected chi connectivity index (χ0v) is 20.1. The largest absolute Gasteiger partial charge is 0.481 e. The fourth-order valence-electron chi connectivity index (χ4n) is 6.36. The van der Waals surface area contributed by atoms with E-state index in [-0.39, 0.29) is 18.4 Å². The van der Waals surface area contributed by atoms with Crippen LogP contribution in [0.4, 0.5) is 0 Å². The molecule has 0 saturated carbocycles. The SMILES string of the molecule is C=CCN(CCCCC)C(=O)C1N(CCCCCO)C(=O)[C@@H]2[C@H](C(=O)O)[C@]3(CC)CCC12O3. The third-order valence-electron chi connectivity index (χ3n) is 7.93. The maximum atomic E-state index is 14.0. The van der Waals surface area contributed by atoms with Gasteiger partial charge in [0, 0.05) is 26.2 Å². The summed E-state index contributed by atoms with van der Waals surface area (Å²) in [7, 11) is 0. The first-order chi connectivity index (χ1) is 15.8. The van der Waals surface area contributed by atoms with Crippen molar-refractivity contribution in [2.75, 3.05) is 26.2 Å². The Morgan fingerprint density at radius 2 is 1.97 bits per heavy atom. The van der Waals surface area contributed by atoms with Gasteiger partial charge >= 0.3 is 5.97 Å². The Bertz CT molecular complexity index is 757. The Balaban J connectivity index is 1.97. The molecule has 0 aromatic carbocycles. The molecule has 3 aliphatic heterocycles. The molecule has 3 heterocycles. The van der Waals surface area contributed by atoms with Crippen molar-refractivity contribution in [1.82, 2.24) is 9.80 Å².